The van der Waals surface area contributed by atoms with Crippen LogP contribution in [0.1, 0.15) is 43.6 Å². The number of hydrogen-bond acceptors (Lipinski definition) is 4. The Morgan fingerprint density at radius 3 is 2.74 bits per heavy atom. The molecule has 0 aromatic carbocycles. The van der Waals surface area contributed by atoms with Crippen LogP contribution in [0, 0.1) is 12.3 Å². The Labute approximate surface area is 119 Å². The molecule has 0 amide bonds. The van der Waals surface area contributed by atoms with Crippen LogP contribution in [0.3, 0.4) is 0 Å². The van der Waals surface area contributed by atoms with Gasteiger partial charge in [0.15, 0.2) is 0 Å². The second-order valence-electron chi connectivity index (χ2n) is 5.93. The summed E-state index contributed by atoms with van der Waals surface area (Å²) >= 11 is 1.42. The molecule has 1 heterocycles. The van der Waals surface area contributed by atoms with Crippen molar-refractivity contribution in [2.45, 2.75) is 57.5 Å². The average molecular weight is 302 g/mol. The summed E-state index contributed by atoms with van der Waals surface area (Å²) in [5.41, 5.74) is 6.45. The molecule has 2 rings (SSSR count). The van der Waals surface area contributed by atoms with Crippen LogP contribution in [-0.4, -0.2) is 14.5 Å². The van der Waals surface area contributed by atoms with E-state index in [0.717, 1.165) is 29.7 Å². The lowest BCUT2D eigenvalue weighted by Crippen LogP contribution is -2.41. The molecule has 1 aromatic heterocycles. The Balaban J connectivity index is 2.31. The smallest absolute Gasteiger partial charge is 0.242 e. The van der Waals surface area contributed by atoms with Gasteiger partial charge in [0.2, 0.25) is 10.0 Å². The van der Waals surface area contributed by atoms with Gasteiger partial charge in [0, 0.05) is 17.5 Å². The number of hydrogen-bond donors (Lipinski definition) is 2. The molecule has 1 aromatic rings. The quantitative estimate of drug-likeness (QED) is 0.897. The summed E-state index contributed by atoms with van der Waals surface area (Å²) in [5, 5.41) is 1.86. The zero-order chi connectivity index (χ0) is 14.3. The lowest BCUT2D eigenvalue weighted by molar-refractivity contribution is 0.313. The van der Waals surface area contributed by atoms with Crippen molar-refractivity contribution in [2.24, 2.45) is 11.1 Å². The van der Waals surface area contributed by atoms with Crippen molar-refractivity contribution < 1.29 is 8.42 Å². The summed E-state index contributed by atoms with van der Waals surface area (Å²) < 4.78 is 28.0. The van der Waals surface area contributed by atoms with Crippen LogP contribution in [0.2, 0.25) is 0 Å². The molecule has 3 N–H and O–H groups in total. The number of rotatable bonds is 4. The Bertz CT molecular complexity index is 561. The Hall–Kier alpha value is -0.430. The van der Waals surface area contributed by atoms with Gasteiger partial charge in [-0.05, 0) is 36.1 Å². The summed E-state index contributed by atoms with van der Waals surface area (Å²) in [7, 11) is -3.46. The molecule has 1 atom stereocenters. The van der Waals surface area contributed by atoms with E-state index in [1.54, 1.807) is 0 Å². The van der Waals surface area contributed by atoms with E-state index in [2.05, 4.69) is 18.6 Å². The van der Waals surface area contributed by atoms with Gasteiger partial charge in [-0.25, -0.2) is 13.1 Å². The highest BCUT2D eigenvalue weighted by Crippen LogP contribution is 2.38. The van der Waals surface area contributed by atoms with Gasteiger partial charge >= 0.3 is 0 Å². The van der Waals surface area contributed by atoms with Crippen molar-refractivity contribution in [3.63, 3.8) is 0 Å². The van der Waals surface area contributed by atoms with E-state index in [9.17, 15) is 8.42 Å². The molecular formula is C13H22N2O2S2. The van der Waals surface area contributed by atoms with Crippen molar-refractivity contribution in [3.05, 3.63) is 15.8 Å². The first-order valence-electron chi connectivity index (χ1n) is 6.57. The second-order valence-corrected chi connectivity index (χ2v) is 8.54. The van der Waals surface area contributed by atoms with Crippen LogP contribution in [0.15, 0.2) is 10.3 Å². The summed E-state index contributed by atoms with van der Waals surface area (Å²) in [4.78, 5) is 1.13. The van der Waals surface area contributed by atoms with Gasteiger partial charge in [0.1, 0.15) is 4.90 Å². The van der Waals surface area contributed by atoms with Crippen LogP contribution >= 0.6 is 11.3 Å². The summed E-state index contributed by atoms with van der Waals surface area (Å²) in [6, 6.07) is 0.0161. The van der Waals surface area contributed by atoms with Gasteiger partial charge in [-0.1, -0.05) is 20.3 Å². The fourth-order valence-corrected chi connectivity index (χ4v) is 5.92. The molecule has 0 radical (unpaired) electrons. The summed E-state index contributed by atoms with van der Waals surface area (Å²) in [6.45, 7) is 6.34. The average Bonchev–Trinajstić information content (AvgIpc) is 2.82. The fourth-order valence-electron chi connectivity index (χ4n) is 2.78. The Kier molecular flexibility index (Phi) is 4.07. The first-order chi connectivity index (χ1) is 8.78. The Morgan fingerprint density at radius 2 is 2.21 bits per heavy atom. The number of nitrogens with two attached hydrogens (primary N) is 1. The number of thiophene rings is 1. The fraction of sp³-hybridized carbons (Fsp3) is 0.692. The van der Waals surface area contributed by atoms with Crippen molar-refractivity contribution in [1.29, 1.82) is 0 Å². The maximum absolute atomic E-state index is 12.6. The molecule has 19 heavy (non-hydrogen) atoms. The van der Waals surface area contributed by atoms with E-state index in [1.165, 1.54) is 11.3 Å². The molecule has 1 saturated carbocycles. The number of nitrogens with one attached hydrogen (secondary N) is 1. The molecule has 108 valence electrons. The normalized spacial score (nSPS) is 22.8. The third-order valence-electron chi connectivity index (χ3n) is 4.00. The number of sulfonamides is 1. The third-order valence-corrected chi connectivity index (χ3v) is 6.95. The van der Waals surface area contributed by atoms with E-state index in [-0.39, 0.29) is 18.0 Å². The van der Waals surface area contributed by atoms with Crippen molar-refractivity contribution in [3.8, 4) is 0 Å². The monoisotopic (exact) mass is 302 g/mol. The molecular weight excluding hydrogens is 280 g/mol. The van der Waals surface area contributed by atoms with Gasteiger partial charge in [-0.3, -0.25) is 0 Å². The highest BCUT2D eigenvalue weighted by molar-refractivity contribution is 7.89. The van der Waals surface area contributed by atoms with Gasteiger partial charge in [0.25, 0.3) is 0 Å². The van der Waals surface area contributed by atoms with Crippen LogP contribution < -0.4 is 10.5 Å². The zero-order valence-corrected chi connectivity index (χ0v) is 13.3. The maximum atomic E-state index is 12.6. The van der Waals surface area contributed by atoms with Crippen LogP contribution in [-0.2, 0) is 16.6 Å². The Morgan fingerprint density at radius 1 is 1.53 bits per heavy atom. The van der Waals surface area contributed by atoms with E-state index in [1.807, 2.05) is 12.3 Å². The molecule has 6 heteroatoms. The van der Waals surface area contributed by atoms with Gasteiger partial charge in [0.05, 0.1) is 0 Å². The van der Waals surface area contributed by atoms with Crippen molar-refractivity contribution in [1.82, 2.24) is 4.72 Å². The van der Waals surface area contributed by atoms with Gasteiger partial charge in [-0.15, -0.1) is 11.3 Å². The molecule has 1 unspecified atom stereocenters. The predicted octanol–water partition coefficient (Wildman–Crippen LogP) is 2.37. The molecule has 1 aliphatic rings. The first kappa shape index (κ1) is 15.0. The first-order valence-corrected chi connectivity index (χ1v) is 8.93. The summed E-state index contributed by atoms with van der Waals surface area (Å²) in [6.07, 6.45) is 3.05. The molecule has 0 bridgehead atoms. The van der Waals surface area contributed by atoms with Crippen LogP contribution in [0.25, 0.3) is 0 Å². The van der Waals surface area contributed by atoms with Gasteiger partial charge in [-0.2, -0.15) is 0 Å². The third kappa shape index (κ3) is 2.86. The minimum Gasteiger partial charge on any atom is -0.326 e. The standard InChI is InChI=1S/C13H22N2O2S2/c1-9-8-18-10(7-14)12(9)19(16,17)15-11-5-4-6-13(11,2)3/h8,11,15H,4-7,14H2,1-3H3. The minimum absolute atomic E-state index is 0.0161. The number of aryl methyl sites for hydroxylation is 1. The minimum atomic E-state index is -3.46. The lowest BCUT2D eigenvalue weighted by atomic mass is 9.88. The maximum Gasteiger partial charge on any atom is 0.242 e. The lowest BCUT2D eigenvalue weighted by Gasteiger charge is -2.27. The van der Waals surface area contributed by atoms with Crippen LogP contribution in [0.5, 0.6) is 0 Å². The molecule has 1 aliphatic carbocycles. The molecule has 0 spiro atoms. The van der Waals surface area contributed by atoms with Crippen molar-refractivity contribution >= 4 is 21.4 Å². The SMILES string of the molecule is Cc1csc(CN)c1S(=O)(=O)NC1CCCC1(C)C. The topological polar surface area (TPSA) is 72.2 Å². The second kappa shape index (κ2) is 5.16. The predicted molar refractivity (Wildman–Crippen MR) is 78.7 cm³/mol. The zero-order valence-electron chi connectivity index (χ0n) is 11.7. The highest BCUT2D eigenvalue weighted by atomic mass is 32.2. The van der Waals surface area contributed by atoms with E-state index in [4.69, 9.17) is 5.73 Å². The van der Waals surface area contributed by atoms with Crippen molar-refractivity contribution in [2.75, 3.05) is 0 Å². The van der Waals surface area contributed by atoms with E-state index >= 15 is 0 Å². The largest absolute Gasteiger partial charge is 0.326 e. The summed E-state index contributed by atoms with van der Waals surface area (Å²) in [5.74, 6) is 0. The molecule has 0 aliphatic heterocycles. The molecule has 0 saturated heterocycles. The highest BCUT2D eigenvalue weighted by Gasteiger charge is 2.38. The van der Waals surface area contributed by atoms with Gasteiger partial charge < -0.3 is 5.73 Å². The molecule has 4 nitrogen and oxygen atoms in total. The molecule has 1 fully saturated rings. The van der Waals surface area contributed by atoms with E-state index in [0.29, 0.717) is 4.90 Å². The van der Waals surface area contributed by atoms with E-state index < -0.39 is 10.0 Å². The van der Waals surface area contributed by atoms with Crippen LogP contribution in [0.4, 0.5) is 0 Å².